The Balaban J connectivity index is 1.87. The first-order valence-electron chi connectivity index (χ1n) is 9.69. The Kier molecular flexibility index (Phi) is 7.33. The Morgan fingerprint density at radius 3 is 2.29 bits per heavy atom. The van der Waals surface area contributed by atoms with Crippen LogP contribution in [0.4, 0.5) is 21.5 Å². The van der Waals surface area contributed by atoms with Gasteiger partial charge in [-0.1, -0.05) is 6.07 Å². The fourth-order valence-corrected chi connectivity index (χ4v) is 2.87. The van der Waals surface area contributed by atoms with Gasteiger partial charge in [0.25, 0.3) is 11.6 Å². The molecule has 0 saturated heterocycles. The summed E-state index contributed by atoms with van der Waals surface area (Å²) in [5.74, 6) is -1.29. The number of nitrogens with one attached hydrogen (secondary N) is 1. The first-order chi connectivity index (χ1) is 16.7. The first kappa shape index (κ1) is 24.3. The summed E-state index contributed by atoms with van der Waals surface area (Å²) in [5, 5.41) is 34.1. The molecule has 0 aliphatic carbocycles. The average molecular weight is 478 g/mol. The van der Waals surface area contributed by atoms with Gasteiger partial charge in [-0.15, -0.1) is 0 Å². The van der Waals surface area contributed by atoms with Gasteiger partial charge in [-0.25, -0.2) is 4.39 Å². The van der Waals surface area contributed by atoms with E-state index in [-0.39, 0.29) is 22.8 Å². The summed E-state index contributed by atoms with van der Waals surface area (Å²) in [6, 6.07) is 14.0. The standard InChI is InChI=1S/C23H15FN4O7/c1-34-22-11-14(10-15(13-25)23(29)26-17-5-3-16(24)4-6-17)2-8-21(22)35-20-9-7-18(27(30)31)12-19(20)28(32)33/h2-12H,1H3,(H,26,29)/b15-10-. The van der Waals surface area contributed by atoms with E-state index in [1.807, 2.05) is 0 Å². The van der Waals surface area contributed by atoms with Gasteiger partial charge in [0, 0.05) is 11.8 Å². The molecule has 0 saturated carbocycles. The quantitative estimate of drug-likeness (QED) is 0.205. The number of carbonyl (C=O) groups excluding carboxylic acids is 1. The van der Waals surface area contributed by atoms with Crippen LogP contribution in [-0.2, 0) is 4.79 Å². The highest BCUT2D eigenvalue weighted by molar-refractivity contribution is 6.09. The number of nitro benzene ring substituents is 2. The molecule has 0 spiro atoms. The zero-order valence-electron chi connectivity index (χ0n) is 17.9. The zero-order valence-corrected chi connectivity index (χ0v) is 17.9. The van der Waals surface area contributed by atoms with E-state index in [1.54, 1.807) is 6.07 Å². The highest BCUT2D eigenvalue weighted by atomic mass is 19.1. The van der Waals surface area contributed by atoms with E-state index in [9.17, 15) is 34.7 Å². The minimum absolute atomic E-state index is 0.0517. The Morgan fingerprint density at radius 1 is 1.00 bits per heavy atom. The highest BCUT2D eigenvalue weighted by Gasteiger charge is 2.22. The largest absolute Gasteiger partial charge is 0.493 e. The molecular formula is C23H15FN4O7. The van der Waals surface area contributed by atoms with Gasteiger partial charge in [-0.2, -0.15) is 5.26 Å². The van der Waals surface area contributed by atoms with Crippen molar-refractivity contribution >= 4 is 29.0 Å². The number of methoxy groups -OCH3 is 1. The van der Waals surface area contributed by atoms with Crippen molar-refractivity contribution in [3.8, 4) is 23.3 Å². The third-order valence-electron chi connectivity index (χ3n) is 4.54. The van der Waals surface area contributed by atoms with Crippen LogP contribution < -0.4 is 14.8 Å². The lowest BCUT2D eigenvalue weighted by atomic mass is 10.1. The van der Waals surface area contributed by atoms with Gasteiger partial charge in [0.05, 0.1) is 23.0 Å². The van der Waals surface area contributed by atoms with Crippen molar-refractivity contribution in [2.24, 2.45) is 0 Å². The lowest BCUT2D eigenvalue weighted by Crippen LogP contribution is -2.13. The van der Waals surface area contributed by atoms with Crippen molar-refractivity contribution in [2.75, 3.05) is 12.4 Å². The van der Waals surface area contributed by atoms with E-state index < -0.39 is 32.9 Å². The van der Waals surface area contributed by atoms with Crippen molar-refractivity contribution in [1.29, 1.82) is 5.26 Å². The molecule has 0 unspecified atom stereocenters. The number of halogens is 1. The summed E-state index contributed by atoms with van der Waals surface area (Å²) < 4.78 is 23.8. The van der Waals surface area contributed by atoms with Crippen LogP contribution in [0.5, 0.6) is 17.2 Å². The Labute approximate surface area is 196 Å². The van der Waals surface area contributed by atoms with Gasteiger partial charge < -0.3 is 14.8 Å². The summed E-state index contributed by atoms with van der Waals surface area (Å²) in [6.45, 7) is 0. The third-order valence-corrected chi connectivity index (χ3v) is 4.54. The molecule has 0 bridgehead atoms. The van der Waals surface area contributed by atoms with Gasteiger partial charge in [-0.05, 0) is 54.1 Å². The monoisotopic (exact) mass is 478 g/mol. The lowest BCUT2D eigenvalue weighted by Gasteiger charge is -2.11. The molecule has 1 amide bonds. The molecular weight excluding hydrogens is 463 g/mol. The summed E-state index contributed by atoms with van der Waals surface area (Å²) in [6.07, 6.45) is 1.28. The van der Waals surface area contributed by atoms with Gasteiger partial charge in [0.1, 0.15) is 17.5 Å². The predicted octanol–water partition coefficient (Wildman–Crippen LogP) is 4.99. The fourth-order valence-electron chi connectivity index (χ4n) is 2.87. The predicted molar refractivity (Wildman–Crippen MR) is 121 cm³/mol. The van der Waals surface area contributed by atoms with Crippen LogP contribution in [0.2, 0.25) is 0 Å². The number of amides is 1. The molecule has 35 heavy (non-hydrogen) atoms. The van der Waals surface area contributed by atoms with Crippen molar-refractivity contribution < 1.29 is 28.5 Å². The topological polar surface area (TPSA) is 158 Å². The normalized spacial score (nSPS) is 10.7. The number of nitriles is 1. The van der Waals surface area contributed by atoms with Gasteiger partial charge in [0.2, 0.25) is 5.75 Å². The second-order valence-corrected chi connectivity index (χ2v) is 6.81. The number of non-ortho nitro benzene ring substituents is 1. The van der Waals surface area contributed by atoms with Crippen LogP contribution in [-0.4, -0.2) is 22.9 Å². The van der Waals surface area contributed by atoms with Gasteiger partial charge >= 0.3 is 5.69 Å². The summed E-state index contributed by atoms with van der Waals surface area (Å²) in [7, 11) is 1.31. The maximum atomic E-state index is 13.0. The molecule has 11 nitrogen and oxygen atoms in total. The number of benzene rings is 3. The molecule has 0 aliphatic heterocycles. The molecule has 3 aromatic carbocycles. The van der Waals surface area contributed by atoms with E-state index in [0.29, 0.717) is 11.3 Å². The molecule has 3 rings (SSSR count). The number of hydrogen-bond acceptors (Lipinski definition) is 8. The van der Waals surface area contributed by atoms with Crippen LogP contribution in [0, 0.1) is 37.4 Å². The summed E-state index contributed by atoms with van der Waals surface area (Å²) in [5.41, 5.74) is -0.674. The van der Waals surface area contributed by atoms with Crippen molar-refractivity contribution in [3.05, 3.63) is 97.8 Å². The van der Waals surface area contributed by atoms with E-state index in [1.165, 1.54) is 43.5 Å². The van der Waals surface area contributed by atoms with Crippen LogP contribution >= 0.6 is 0 Å². The first-order valence-corrected chi connectivity index (χ1v) is 9.69. The van der Waals surface area contributed by atoms with Gasteiger partial charge in [-0.3, -0.25) is 25.0 Å². The highest BCUT2D eigenvalue weighted by Crippen LogP contribution is 2.38. The smallest absolute Gasteiger partial charge is 0.318 e. The Hall–Kier alpha value is -5.31. The maximum Gasteiger partial charge on any atom is 0.318 e. The van der Waals surface area contributed by atoms with E-state index in [4.69, 9.17) is 9.47 Å². The minimum Gasteiger partial charge on any atom is -0.493 e. The second-order valence-electron chi connectivity index (χ2n) is 6.81. The number of carbonyl (C=O) groups is 1. The number of nitrogens with zero attached hydrogens (tertiary/aromatic N) is 3. The summed E-state index contributed by atoms with van der Waals surface area (Å²) >= 11 is 0. The number of ether oxygens (including phenoxy) is 2. The maximum absolute atomic E-state index is 13.0. The zero-order chi connectivity index (χ0) is 25.5. The van der Waals surface area contributed by atoms with Crippen LogP contribution in [0.1, 0.15) is 5.56 Å². The Bertz CT molecular complexity index is 1380. The molecule has 0 fully saturated rings. The fraction of sp³-hybridized carbons (Fsp3) is 0.0435. The molecule has 0 aliphatic rings. The van der Waals surface area contributed by atoms with Crippen LogP contribution in [0.25, 0.3) is 6.08 Å². The molecule has 3 aromatic rings. The second kappa shape index (κ2) is 10.5. The van der Waals surface area contributed by atoms with Crippen LogP contribution in [0.3, 0.4) is 0 Å². The molecule has 176 valence electrons. The molecule has 0 heterocycles. The number of rotatable bonds is 8. The number of anilines is 1. The van der Waals surface area contributed by atoms with E-state index in [0.717, 1.165) is 30.3 Å². The molecule has 0 atom stereocenters. The van der Waals surface area contributed by atoms with Crippen molar-refractivity contribution in [2.45, 2.75) is 0 Å². The number of nitro groups is 2. The van der Waals surface area contributed by atoms with E-state index in [2.05, 4.69) is 5.32 Å². The molecule has 0 radical (unpaired) electrons. The third kappa shape index (κ3) is 5.93. The Morgan fingerprint density at radius 2 is 1.69 bits per heavy atom. The molecule has 12 heteroatoms. The lowest BCUT2D eigenvalue weighted by molar-refractivity contribution is -0.394. The van der Waals surface area contributed by atoms with Crippen LogP contribution in [0.15, 0.2) is 66.2 Å². The average Bonchev–Trinajstić information content (AvgIpc) is 2.84. The minimum atomic E-state index is -0.815. The number of hydrogen-bond donors (Lipinski definition) is 1. The molecule has 0 aromatic heterocycles. The van der Waals surface area contributed by atoms with Crippen molar-refractivity contribution in [3.63, 3.8) is 0 Å². The summed E-state index contributed by atoms with van der Waals surface area (Å²) in [4.78, 5) is 33.1. The SMILES string of the molecule is COc1cc(/C=C(/C#N)C(=O)Nc2ccc(F)cc2)ccc1Oc1ccc([N+](=O)[O-])cc1[N+](=O)[O-]. The van der Waals surface area contributed by atoms with Crippen molar-refractivity contribution in [1.82, 2.24) is 0 Å². The molecule has 1 N–H and O–H groups in total. The van der Waals surface area contributed by atoms with Gasteiger partial charge in [0.15, 0.2) is 11.5 Å². The van der Waals surface area contributed by atoms with E-state index >= 15 is 0 Å².